The zero-order valence-electron chi connectivity index (χ0n) is 20.7. The summed E-state index contributed by atoms with van der Waals surface area (Å²) >= 11 is 2.09. The molecule has 0 radical (unpaired) electrons. The van der Waals surface area contributed by atoms with Gasteiger partial charge in [-0.3, -0.25) is 29.6 Å². The molecule has 0 aliphatic heterocycles. The predicted molar refractivity (Wildman–Crippen MR) is 139 cm³/mol. The lowest BCUT2D eigenvalue weighted by Crippen LogP contribution is -2.25. The summed E-state index contributed by atoms with van der Waals surface area (Å²) in [5.41, 5.74) is -0.711. The molecule has 0 fully saturated rings. The van der Waals surface area contributed by atoms with Crippen molar-refractivity contribution in [1.82, 2.24) is 30.3 Å². The van der Waals surface area contributed by atoms with Crippen LogP contribution in [0.3, 0.4) is 0 Å². The van der Waals surface area contributed by atoms with Crippen LogP contribution in [0.5, 0.6) is 0 Å². The van der Waals surface area contributed by atoms with Crippen LogP contribution in [0.25, 0.3) is 5.69 Å². The predicted octanol–water partition coefficient (Wildman–Crippen LogP) is 4.32. The molecule has 0 aliphatic carbocycles. The normalized spacial score (nSPS) is 11.3. The number of nitrogens with one attached hydrogen (secondary N) is 2. The smallest absolute Gasteiger partial charge is 0.345 e. The Morgan fingerprint density at radius 3 is 2.55 bits per heavy atom. The van der Waals surface area contributed by atoms with Crippen LogP contribution in [-0.2, 0) is 17.5 Å². The molecule has 208 valence electrons. The number of carbonyl (C=O) groups excluding carboxylic acids is 2. The number of thioether (sulfide) groups is 1. The zero-order chi connectivity index (χ0) is 29.0. The van der Waals surface area contributed by atoms with E-state index in [0.29, 0.717) is 15.7 Å². The molecule has 4 aromatic rings. The number of nitro benzene ring substituents is 1. The SMILES string of the molecule is Cc1nnc(NC(=O)CSc2nnc(CNC(=O)c3ccc(C)c([N+](=O)[O-])c3)n2-c2cccc(C(F)(F)F)c2)s1. The summed E-state index contributed by atoms with van der Waals surface area (Å²) < 4.78 is 41.5. The van der Waals surface area contributed by atoms with E-state index in [1.807, 2.05) is 0 Å². The summed E-state index contributed by atoms with van der Waals surface area (Å²) in [7, 11) is 0. The van der Waals surface area contributed by atoms with Crippen LogP contribution in [0.15, 0.2) is 47.6 Å². The molecule has 0 saturated heterocycles. The summed E-state index contributed by atoms with van der Waals surface area (Å²) in [6.45, 7) is 2.98. The summed E-state index contributed by atoms with van der Waals surface area (Å²) in [6.07, 6.45) is -4.62. The lowest BCUT2D eigenvalue weighted by molar-refractivity contribution is -0.385. The van der Waals surface area contributed by atoms with Gasteiger partial charge in [0.1, 0.15) is 5.01 Å². The highest BCUT2D eigenvalue weighted by atomic mass is 32.2. The van der Waals surface area contributed by atoms with Gasteiger partial charge >= 0.3 is 6.18 Å². The van der Waals surface area contributed by atoms with Gasteiger partial charge in [-0.1, -0.05) is 35.2 Å². The largest absolute Gasteiger partial charge is 0.416 e. The van der Waals surface area contributed by atoms with Crippen molar-refractivity contribution in [2.45, 2.75) is 31.7 Å². The molecular weight excluding hydrogens is 573 g/mol. The summed E-state index contributed by atoms with van der Waals surface area (Å²) in [6, 6.07) is 8.39. The number of nitro groups is 1. The Hall–Kier alpha value is -4.38. The Morgan fingerprint density at radius 2 is 1.88 bits per heavy atom. The molecule has 40 heavy (non-hydrogen) atoms. The van der Waals surface area contributed by atoms with Crippen molar-refractivity contribution in [1.29, 1.82) is 0 Å². The fourth-order valence-electron chi connectivity index (χ4n) is 3.43. The molecule has 4 rings (SSSR count). The number of anilines is 1. The van der Waals surface area contributed by atoms with Gasteiger partial charge in [0.15, 0.2) is 11.0 Å². The Kier molecular flexibility index (Phi) is 8.43. The molecule has 0 atom stereocenters. The van der Waals surface area contributed by atoms with Crippen LogP contribution >= 0.6 is 23.1 Å². The molecule has 2 heterocycles. The Balaban J connectivity index is 1.58. The minimum Gasteiger partial charge on any atom is -0.345 e. The van der Waals surface area contributed by atoms with E-state index in [1.165, 1.54) is 47.1 Å². The van der Waals surface area contributed by atoms with Gasteiger partial charge in [0, 0.05) is 17.2 Å². The first-order chi connectivity index (χ1) is 18.9. The van der Waals surface area contributed by atoms with Gasteiger partial charge in [0.25, 0.3) is 11.6 Å². The molecule has 0 aliphatic rings. The molecule has 0 bridgehead atoms. The number of nitrogens with zero attached hydrogens (tertiary/aromatic N) is 6. The second-order valence-corrected chi connectivity index (χ2v) is 10.3. The van der Waals surface area contributed by atoms with E-state index in [0.717, 1.165) is 30.0 Å². The standard InChI is InChI=1S/C23H19F3N8O4S2/c1-12-6-7-14(8-17(12)34(37)38)20(36)27-10-18-30-32-22(39-11-19(35)28-21-31-29-13(2)40-21)33(18)16-5-3-4-15(9-16)23(24,25)26/h3-9H,10-11H2,1-2H3,(H,27,36)(H,28,31,35). The van der Waals surface area contributed by atoms with Gasteiger partial charge in [0.2, 0.25) is 11.0 Å². The maximum atomic E-state index is 13.4. The van der Waals surface area contributed by atoms with E-state index in [1.54, 1.807) is 6.92 Å². The molecular formula is C23H19F3N8O4S2. The molecule has 2 aromatic heterocycles. The molecule has 0 spiro atoms. The van der Waals surface area contributed by atoms with Crippen LogP contribution in [-0.4, -0.2) is 47.5 Å². The molecule has 12 nitrogen and oxygen atoms in total. The average molecular weight is 593 g/mol. The summed E-state index contributed by atoms with van der Waals surface area (Å²) in [5.74, 6) is -1.22. The number of hydrogen-bond acceptors (Lipinski definition) is 10. The number of rotatable bonds is 9. The van der Waals surface area contributed by atoms with Crippen LogP contribution in [0, 0.1) is 24.0 Å². The summed E-state index contributed by atoms with van der Waals surface area (Å²) in [4.78, 5) is 35.7. The van der Waals surface area contributed by atoms with Crippen molar-refractivity contribution < 1.29 is 27.7 Å². The first-order valence-electron chi connectivity index (χ1n) is 11.3. The van der Waals surface area contributed by atoms with Crippen molar-refractivity contribution in [3.63, 3.8) is 0 Å². The maximum Gasteiger partial charge on any atom is 0.416 e. The van der Waals surface area contributed by atoms with Crippen molar-refractivity contribution in [2.24, 2.45) is 0 Å². The summed E-state index contributed by atoms with van der Waals surface area (Å²) in [5, 5.41) is 33.0. The molecule has 2 amide bonds. The number of carbonyl (C=O) groups is 2. The van der Waals surface area contributed by atoms with Crippen LogP contribution in [0.4, 0.5) is 24.0 Å². The maximum absolute atomic E-state index is 13.4. The second-order valence-electron chi connectivity index (χ2n) is 8.19. The van der Waals surface area contributed by atoms with E-state index < -0.39 is 28.5 Å². The quantitative estimate of drug-likeness (QED) is 0.164. The Morgan fingerprint density at radius 1 is 1.10 bits per heavy atom. The van der Waals surface area contributed by atoms with E-state index in [9.17, 15) is 32.9 Å². The second kappa shape index (κ2) is 11.8. The molecule has 2 aromatic carbocycles. The van der Waals surface area contributed by atoms with Crippen molar-refractivity contribution in [2.75, 3.05) is 11.1 Å². The Bertz CT molecular complexity index is 1590. The fraction of sp³-hybridized carbons (Fsp3) is 0.217. The number of benzene rings is 2. The van der Waals surface area contributed by atoms with E-state index in [-0.39, 0.29) is 40.2 Å². The average Bonchev–Trinajstić information content (AvgIpc) is 3.50. The van der Waals surface area contributed by atoms with Gasteiger partial charge in [-0.15, -0.1) is 20.4 Å². The van der Waals surface area contributed by atoms with Crippen LogP contribution in [0.2, 0.25) is 0 Å². The third-order valence-corrected chi connectivity index (χ3v) is 6.99. The number of aryl methyl sites for hydroxylation is 2. The monoisotopic (exact) mass is 592 g/mol. The lowest BCUT2D eigenvalue weighted by atomic mass is 10.1. The van der Waals surface area contributed by atoms with Crippen molar-refractivity contribution in [3.8, 4) is 5.69 Å². The molecule has 17 heteroatoms. The lowest BCUT2D eigenvalue weighted by Gasteiger charge is -2.13. The van der Waals surface area contributed by atoms with Crippen LogP contribution in [0.1, 0.15) is 32.3 Å². The Labute approximate surface area is 232 Å². The van der Waals surface area contributed by atoms with Gasteiger partial charge in [0.05, 0.1) is 28.5 Å². The number of hydrogen-bond donors (Lipinski definition) is 2. The van der Waals surface area contributed by atoms with Gasteiger partial charge in [-0.05, 0) is 38.1 Å². The van der Waals surface area contributed by atoms with Gasteiger partial charge in [-0.25, -0.2) is 0 Å². The molecule has 0 unspecified atom stereocenters. The first kappa shape index (κ1) is 28.6. The highest BCUT2D eigenvalue weighted by Crippen LogP contribution is 2.32. The van der Waals surface area contributed by atoms with E-state index >= 15 is 0 Å². The van der Waals surface area contributed by atoms with Crippen LogP contribution < -0.4 is 10.6 Å². The highest BCUT2D eigenvalue weighted by Gasteiger charge is 2.31. The van der Waals surface area contributed by atoms with Gasteiger partial charge < -0.3 is 5.32 Å². The number of amides is 2. The minimum atomic E-state index is -4.62. The number of halogens is 3. The fourth-order valence-corrected chi connectivity index (χ4v) is 4.81. The topological polar surface area (TPSA) is 158 Å². The third-order valence-electron chi connectivity index (χ3n) is 5.31. The van der Waals surface area contributed by atoms with E-state index in [2.05, 4.69) is 31.0 Å². The third kappa shape index (κ3) is 6.78. The highest BCUT2D eigenvalue weighted by molar-refractivity contribution is 7.99. The van der Waals surface area contributed by atoms with Gasteiger partial charge in [-0.2, -0.15) is 13.2 Å². The van der Waals surface area contributed by atoms with Crippen molar-refractivity contribution in [3.05, 3.63) is 80.1 Å². The minimum absolute atomic E-state index is 0.0145. The molecule has 0 saturated carbocycles. The molecule has 2 N–H and O–H groups in total. The van der Waals surface area contributed by atoms with E-state index in [4.69, 9.17) is 0 Å². The first-order valence-corrected chi connectivity index (χ1v) is 13.1. The zero-order valence-corrected chi connectivity index (χ0v) is 22.4. The van der Waals surface area contributed by atoms with Crippen molar-refractivity contribution >= 4 is 45.7 Å². The number of aromatic nitrogens is 5. The number of alkyl halides is 3.